The lowest BCUT2D eigenvalue weighted by Crippen LogP contribution is -2.44. The summed E-state index contributed by atoms with van der Waals surface area (Å²) in [5.41, 5.74) is 0. The molecule has 1 fully saturated rings. The number of rotatable bonds is 4. The van der Waals surface area contributed by atoms with Crippen molar-refractivity contribution in [2.75, 3.05) is 19.6 Å². The molecule has 1 saturated heterocycles. The van der Waals surface area contributed by atoms with Crippen LogP contribution in [0.4, 0.5) is 4.39 Å². The fourth-order valence-electron chi connectivity index (χ4n) is 1.92. The quantitative estimate of drug-likeness (QED) is 0.825. The Balaban J connectivity index is 0.00000225. The van der Waals surface area contributed by atoms with Gasteiger partial charge in [-0.2, -0.15) is 0 Å². The van der Waals surface area contributed by atoms with Crippen LogP contribution in [0.25, 0.3) is 0 Å². The van der Waals surface area contributed by atoms with Gasteiger partial charge in [0.15, 0.2) is 0 Å². The van der Waals surface area contributed by atoms with Crippen LogP contribution < -0.4 is 5.32 Å². The molecule has 2 atom stereocenters. The second kappa shape index (κ2) is 7.07. The molecule has 0 bridgehead atoms. The van der Waals surface area contributed by atoms with Gasteiger partial charge in [0.05, 0.1) is 6.04 Å². The van der Waals surface area contributed by atoms with E-state index in [2.05, 4.69) is 19.2 Å². The van der Waals surface area contributed by atoms with Crippen molar-refractivity contribution in [2.45, 2.75) is 39.4 Å². The van der Waals surface area contributed by atoms with Gasteiger partial charge in [-0.05, 0) is 12.8 Å². The van der Waals surface area contributed by atoms with Crippen LogP contribution in [0, 0.1) is 5.92 Å². The summed E-state index contributed by atoms with van der Waals surface area (Å²) in [4.78, 5) is 13.8. The van der Waals surface area contributed by atoms with Gasteiger partial charge in [-0.3, -0.25) is 4.79 Å². The average molecular weight is 253 g/mol. The molecule has 1 heterocycles. The van der Waals surface area contributed by atoms with Gasteiger partial charge in [0.25, 0.3) is 0 Å². The van der Waals surface area contributed by atoms with Crippen molar-refractivity contribution in [3.05, 3.63) is 0 Å². The third-order valence-corrected chi connectivity index (χ3v) is 2.65. The van der Waals surface area contributed by atoms with E-state index >= 15 is 0 Å². The van der Waals surface area contributed by atoms with Crippen molar-refractivity contribution in [1.29, 1.82) is 0 Å². The third-order valence-electron chi connectivity index (χ3n) is 2.65. The molecular formula is C11H22ClFN2O. The number of halogens is 2. The highest BCUT2D eigenvalue weighted by Crippen LogP contribution is 2.13. The minimum atomic E-state index is -0.864. The van der Waals surface area contributed by atoms with E-state index in [1.165, 1.54) is 0 Å². The van der Waals surface area contributed by atoms with Crippen molar-refractivity contribution in [2.24, 2.45) is 5.92 Å². The Morgan fingerprint density at radius 1 is 1.56 bits per heavy atom. The maximum Gasteiger partial charge on any atom is 0.239 e. The molecule has 0 aromatic rings. The first-order chi connectivity index (χ1) is 7.04. The van der Waals surface area contributed by atoms with Crippen molar-refractivity contribution < 1.29 is 9.18 Å². The first kappa shape index (κ1) is 15.7. The molecule has 0 radical (unpaired) electrons. The van der Waals surface area contributed by atoms with Crippen LogP contribution in [0.3, 0.4) is 0 Å². The first-order valence-electron chi connectivity index (χ1n) is 5.70. The molecule has 1 amide bonds. The maximum atomic E-state index is 12.9. The number of hydrogen-bond donors (Lipinski definition) is 1. The molecule has 0 spiro atoms. The molecule has 0 saturated carbocycles. The van der Waals surface area contributed by atoms with E-state index in [9.17, 15) is 9.18 Å². The van der Waals surface area contributed by atoms with Crippen LogP contribution >= 0.6 is 12.4 Å². The molecule has 1 rings (SSSR count). The molecule has 16 heavy (non-hydrogen) atoms. The summed E-state index contributed by atoms with van der Waals surface area (Å²) < 4.78 is 12.9. The highest BCUT2D eigenvalue weighted by molar-refractivity contribution is 5.85. The molecule has 0 aromatic heterocycles. The lowest BCUT2D eigenvalue weighted by Gasteiger charge is -2.25. The minimum Gasteiger partial charge on any atom is -0.341 e. The molecule has 1 aliphatic heterocycles. The normalized spacial score (nSPS) is 24.3. The highest BCUT2D eigenvalue weighted by atomic mass is 35.5. The summed E-state index contributed by atoms with van der Waals surface area (Å²) in [6, 6.07) is -0.307. The number of amides is 1. The highest BCUT2D eigenvalue weighted by Gasteiger charge is 2.31. The zero-order valence-electron chi connectivity index (χ0n) is 10.2. The zero-order valence-corrected chi connectivity index (χ0v) is 11.0. The van der Waals surface area contributed by atoms with Crippen LogP contribution in [0.15, 0.2) is 0 Å². The SMILES string of the molecule is CCN(CC(C)C)C(=O)[C@H]1C[C@H](F)CN1.Cl. The molecule has 0 unspecified atom stereocenters. The lowest BCUT2D eigenvalue weighted by molar-refractivity contribution is -0.133. The Bertz CT molecular complexity index is 226. The van der Waals surface area contributed by atoms with E-state index in [0.29, 0.717) is 25.4 Å². The lowest BCUT2D eigenvalue weighted by atomic mass is 10.1. The van der Waals surface area contributed by atoms with Crippen LogP contribution in [0.5, 0.6) is 0 Å². The largest absolute Gasteiger partial charge is 0.341 e. The monoisotopic (exact) mass is 252 g/mol. The molecule has 96 valence electrons. The van der Waals surface area contributed by atoms with Gasteiger partial charge in [-0.1, -0.05) is 13.8 Å². The van der Waals surface area contributed by atoms with Gasteiger partial charge in [0, 0.05) is 26.1 Å². The Labute approximate surface area is 103 Å². The molecule has 3 nitrogen and oxygen atoms in total. The van der Waals surface area contributed by atoms with E-state index in [1.807, 2.05) is 6.92 Å². The third kappa shape index (κ3) is 4.26. The zero-order chi connectivity index (χ0) is 11.4. The summed E-state index contributed by atoms with van der Waals surface area (Å²) in [5, 5.41) is 2.93. The number of hydrogen-bond acceptors (Lipinski definition) is 2. The topological polar surface area (TPSA) is 32.3 Å². The van der Waals surface area contributed by atoms with Crippen LogP contribution in [-0.4, -0.2) is 42.7 Å². The predicted molar refractivity (Wildman–Crippen MR) is 65.6 cm³/mol. The molecule has 1 N–H and O–H groups in total. The van der Waals surface area contributed by atoms with Crippen LogP contribution in [0.2, 0.25) is 0 Å². The number of nitrogens with zero attached hydrogens (tertiary/aromatic N) is 1. The fraction of sp³-hybridized carbons (Fsp3) is 0.909. The molecule has 5 heteroatoms. The van der Waals surface area contributed by atoms with E-state index in [-0.39, 0.29) is 24.4 Å². The summed E-state index contributed by atoms with van der Waals surface area (Å²) in [7, 11) is 0. The summed E-state index contributed by atoms with van der Waals surface area (Å²) in [6.45, 7) is 7.89. The predicted octanol–water partition coefficient (Wildman–Crippen LogP) is 1.61. The fourth-order valence-corrected chi connectivity index (χ4v) is 1.92. The number of carbonyl (C=O) groups is 1. The standard InChI is InChI=1S/C11H21FN2O.ClH/c1-4-14(7-8(2)3)11(15)10-5-9(12)6-13-10;/h8-10,13H,4-7H2,1-3H3;1H/t9-,10+;/m0./s1. The molecule has 0 aromatic carbocycles. The Kier molecular flexibility index (Phi) is 6.91. The van der Waals surface area contributed by atoms with Gasteiger partial charge in [0.1, 0.15) is 6.17 Å². The van der Waals surface area contributed by atoms with E-state index in [1.54, 1.807) is 4.90 Å². The molecular weight excluding hydrogens is 231 g/mol. The second-order valence-electron chi connectivity index (χ2n) is 4.56. The number of nitrogens with one attached hydrogen (secondary N) is 1. The Hall–Kier alpha value is -0.350. The van der Waals surface area contributed by atoms with Gasteiger partial charge >= 0.3 is 0 Å². The van der Waals surface area contributed by atoms with E-state index < -0.39 is 6.17 Å². The van der Waals surface area contributed by atoms with Gasteiger partial charge in [-0.25, -0.2) is 4.39 Å². The van der Waals surface area contributed by atoms with Gasteiger partial charge in [0.2, 0.25) is 5.91 Å². The smallest absolute Gasteiger partial charge is 0.239 e. The number of alkyl halides is 1. The average Bonchev–Trinajstić information content (AvgIpc) is 2.60. The van der Waals surface area contributed by atoms with Crippen molar-refractivity contribution in [3.8, 4) is 0 Å². The summed E-state index contributed by atoms with van der Waals surface area (Å²) in [6.07, 6.45) is -0.537. The van der Waals surface area contributed by atoms with Gasteiger partial charge < -0.3 is 10.2 Å². The van der Waals surface area contributed by atoms with Crippen LogP contribution in [-0.2, 0) is 4.79 Å². The van der Waals surface area contributed by atoms with Crippen molar-refractivity contribution in [3.63, 3.8) is 0 Å². The van der Waals surface area contributed by atoms with Crippen LogP contribution in [0.1, 0.15) is 27.2 Å². The molecule has 1 aliphatic rings. The van der Waals surface area contributed by atoms with E-state index in [0.717, 1.165) is 6.54 Å². The Morgan fingerprint density at radius 2 is 2.19 bits per heavy atom. The summed E-state index contributed by atoms with van der Waals surface area (Å²) >= 11 is 0. The van der Waals surface area contributed by atoms with Crippen molar-refractivity contribution >= 4 is 18.3 Å². The maximum absolute atomic E-state index is 12.9. The van der Waals surface area contributed by atoms with E-state index in [4.69, 9.17) is 0 Å². The number of likely N-dealkylation sites (N-methyl/N-ethyl adjacent to an activating group) is 1. The van der Waals surface area contributed by atoms with Crippen molar-refractivity contribution in [1.82, 2.24) is 10.2 Å². The minimum absolute atomic E-state index is 0. The first-order valence-corrected chi connectivity index (χ1v) is 5.70. The number of carbonyl (C=O) groups excluding carboxylic acids is 1. The van der Waals surface area contributed by atoms with Gasteiger partial charge in [-0.15, -0.1) is 12.4 Å². The summed E-state index contributed by atoms with van der Waals surface area (Å²) in [5.74, 6) is 0.503. The Morgan fingerprint density at radius 3 is 2.56 bits per heavy atom. The molecule has 0 aliphatic carbocycles. The second-order valence-corrected chi connectivity index (χ2v) is 4.56.